The van der Waals surface area contributed by atoms with Crippen molar-refractivity contribution in [3.63, 3.8) is 0 Å². The van der Waals surface area contributed by atoms with E-state index in [-0.39, 0.29) is 5.97 Å². The van der Waals surface area contributed by atoms with Crippen LogP contribution < -0.4 is 5.32 Å². The fraction of sp³-hybridized carbons (Fsp3) is 0.929. The Hall–Kier alpha value is -0.610. The van der Waals surface area contributed by atoms with Crippen LogP contribution in [0.1, 0.15) is 40.0 Å². The fourth-order valence-electron chi connectivity index (χ4n) is 2.49. The molecule has 1 saturated heterocycles. The lowest BCUT2D eigenvalue weighted by Gasteiger charge is -2.34. The highest BCUT2D eigenvalue weighted by Gasteiger charge is 2.33. The van der Waals surface area contributed by atoms with Gasteiger partial charge >= 0.3 is 5.97 Å². The number of likely N-dealkylation sites (tertiary alicyclic amines) is 1. The largest absolute Gasteiger partial charge is 0.465 e. The first-order chi connectivity index (χ1) is 8.51. The standard InChI is InChI=1S/C14H28N2O2/c1-5-18-13(17)14(3,15-4)8-10-16-9-6-7-12(2)11-16/h12,15H,5-11H2,1-4H3. The summed E-state index contributed by atoms with van der Waals surface area (Å²) in [5.41, 5.74) is -0.559. The normalized spacial score (nSPS) is 24.6. The molecule has 2 unspecified atom stereocenters. The second-order valence-electron chi connectivity index (χ2n) is 5.60. The van der Waals surface area contributed by atoms with E-state index in [4.69, 9.17) is 4.74 Å². The van der Waals surface area contributed by atoms with Crippen LogP contribution in [0.3, 0.4) is 0 Å². The highest BCUT2D eigenvalue weighted by molar-refractivity contribution is 5.80. The molecular formula is C14H28N2O2. The van der Waals surface area contributed by atoms with E-state index in [1.165, 1.54) is 12.8 Å². The van der Waals surface area contributed by atoms with E-state index < -0.39 is 5.54 Å². The smallest absolute Gasteiger partial charge is 0.326 e. The van der Waals surface area contributed by atoms with Gasteiger partial charge in [0.25, 0.3) is 0 Å². The van der Waals surface area contributed by atoms with Gasteiger partial charge in [0.1, 0.15) is 5.54 Å². The van der Waals surface area contributed by atoms with Crippen LogP contribution >= 0.6 is 0 Å². The summed E-state index contributed by atoms with van der Waals surface area (Å²) in [6.07, 6.45) is 3.41. The summed E-state index contributed by atoms with van der Waals surface area (Å²) < 4.78 is 5.14. The van der Waals surface area contributed by atoms with E-state index in [2.05, 4.69) is 17.1 Å². The van der Waals surface area contributed by atoms with Crippen molar-refractivity contribution in [2.24, 2.45) is 5.92 Å². The van der Waals surface area contributed by atoms with Gasteiger partial charge in [0.15, 0.2) is 0 Å². The maximum atomic E-state index is 11.9. The number of nitrogens with one attached hydrogen (secondary N) is 1. The topological polar surface area (TPSA) is 41.6 Å². The molecule has 0 amide bonds. The molecule has 0 aliphatic carbocycles. The highest BCUT2D eigenvalue weighted by Crippen LogP contribution is 2.18. The minimum Gasteiger partial charge on any atom is -0.465 e. The predicted octanol–water partition coefficient (Wildman–Crippen LogP) is 1.65. The zero-order chi connectivity index (χ0) is 13.6. The number of carbonyl (C=O) groups is 1. The molecule has 106 valence electrons. The van der Waals surface area contributed by atoms with E-state index >= 15 is 0 Å². The van der Waals surface area contributed by atoms with E-state index in [0.29, 0.717) is 6.61 Å². The van der Waals surface area contributed by atoms with Gasteiger partial charge in [-0.2, -0.15) is 0 Å². The summed E-state index contributed by atoms with van der Waals surface area (Å²) in [6.45, 7) is 9.79. The average molecular weight is 256 g/mol. The van der Waals surface area contributed by atoms with Gasteiger partial charge in [-0.1, -0.05) is 6.92 Å². The van der Waals surface area contributed by atoms with Gasteiger partial charge < -0.3 is 15.0 Å². The maximum absolute atomic E-state index is 11.9. The summed E-state index contributed by atoms with van der Waals surface area (Å²) in [5, 5.41) is 3.11. The molecule has 0 radical (unpaired) electrons. The van der Waals surface area contributed by atoms with Gasteiger partial charge in [-0.05, 0) is 52.6 Å². The molecule has 4 heteroatoms. The van der Waals surface area contributed by atoms with Gasteiger partial charge in [0.2, 0.25) is 0 Å². The van der Waals surface area contributed by atoms with Crippen LogP contribution in [0.15, 0.2) is 0 Å². The molecule has 0 bridgehead atoms. The Balaban J connectivity index is 2.45. The third-order valence-electron chi connectivity index (χ3n) is 3.95. The number of hydrogen-bond donors (Lipinski definition) is 1. The number of esters is 1. The lowest BCUT2D eigenvalue weighted by Crippen LogP contribution is -2.51. The fourth-order valence-corrected chi connectivity index (χ4v) is 2.49. The van der Waals surface area contributed by atoms with Crippen molar-refractivity contribution >= 4 is 5.97 Å². The summed E-state index contributed by atoms with van der Waals surface area (Å²) >= 11 is 0. The number of ether oxygens (including phenoxy) is 1. The van der Waals surface area contributed by atoms with E-state index in [0.717, 1.165) is 32.0 Å². The van der Waals surface area contributed by atoms with E-state index in [1.807, 2.05) is 20.9 Å². The first-order valence-electron chi connectivity index (χ1n) is 7.10. The Kier molecular flexibility index (Phi) is 6.09. The molecule has 0 aromatic heterocycles. The van der Waals surface area contributed by atoms with Crippen molar-refractivity contribution in [3.05, 3.63) is 0 Å². The van der Waals surface area contributed by atoms with Crippen LogP contribution in [0.5, 0.6) is 0 Å². The molecule has 1 rings (SSSR count). The number of rotatable bonds is 6. The Morgan fingerprint density at radius 2 is 2.28 bits per heavy atom. The number of hydrogen-bond acceptors (Lipinski definition) is 4. The van der Waals surface area contributed by atoms with Gasteiger partial charge in [-0.3, -0.25) is 4.79 Å². The van der Waals surface area contributed by atoms with E-state index in [9.17, 15) is 4.79 Å². The minimum absolute atomic E-state index is 0.141. The predicted molar refractivity (Wildman–Crippen MR) is 73.6 cm³/mol. The molecule has 0 spiro atoms. The third kappa shape index (κ3) is 4.25. The van der Waals surface area contributed by atoms with Gasteiger partial charge in [0, 0.05) is 13.1 Å². The molecule has 18 heavy (non-hydrogen) atoms. The lowest BCUT2D eigenvalue weighted by atomic mass is 9.95. The third-order valence-corrected chi connectivity index (χ3v) is 3.95. The Labute approximate surface area is 111 Å². The van der Waals surface area contributed by atoms with Gasteiger partial charge in [-0.25, -0.2) is 0 Å². The minimum atomic E-state index is -0.559. The molecule has 0 aromatic carbocycles. The number of likely N-dealkylation sites (N-methyl/N-ethyl adjacent to an activating group) is 1. The van der Waals surface area contributed by atoms with Crippen molar-refractivity contribution < 1.29 is 9.53 Å². The van der Waals surface area contributed by atoms with Crippen LogP contribution in [0.2, 0.25) is 0 Å². The van der Waals surface area contributed by atoms with Crippen LogP contribution in [0.4, 0.5) is 0 Å². The molecule has 2 atom stereocenters. The average Bonchev–Trinajstić information content (AvgIpc) is 2.36. The van der Waals surface area contributed by atoms with Crippen LogP contribution in [-0.2, 0) is 9.53 Å². The molecule has 1 aliphatic rings. The first-order valence-corrected chi connectivity index (χ1v) is 7.10. The number of nitrogens with zero attached hydrogens (tertiary/aromatic N) is 1. The highest BCUT2D eigenvalue weighted by atomic mass is 16.5. The lowest BCUT2D eigenvalue weighted by molar-refractivity contribution is -0.150. The Morgan fingerprint density at radius 3 is 2.83 bits per heavy atom. The number of carbonyl (C=O) groups excluding carboxylic acids is 1. The second-order valence-corrected chi connectivity index (χ2v) is 5.60. The molecule has 0 aromatic rings. The van der Waals surface area contributed by atoms with E-state index in [1.54, 1.807) is 0 Å². The summed E-state index contributed by atoms with van der Waals surface area (Å²) in [5.74, 6) is 0.639. The SMILES string of the molecule is CCOC(=O)C(C)(CCN1CCCC(C)C1)NC. The quantitative estimate of drug-likeness (QED) is 0.734. The van der Waals surface area contributed by atoms with Crippen molar-refractivity contribution in [3.8, 4) is 0 Å². The summed E-state index contributed by atoms with van der Waals surface area (Å²) in [6, 6.07) is 0. The van der Waals surface area contributed by atoms with Crippen molar-refractivity contribution in [2.75, 3.05) is 33.3 Å². The molecule has 1 N–H and O–H groups in total. The molecule has 0 saturated carbocycles. The monoisotopic (exact) mass is 256 g/mol. The van der Waals surface area contributed by atoms with Gasteiger partial charge in [-0.15, -0.1) is 0 Å². The van der Waals surface area contributed by atoms with Crippen LogP contribution in [-0.4, -0.2) is 49.7 Å². The van der Waals surface area contributed by atoms with Crippen molar-refractivity contribution in [2.45, 2.75) is 45.6 Å². The Bertz CT molecular complexity index is 271. The number of piperidine rings is 1. The molecule has 1 heterocycles. The van der Waals surface area contributed by atoms with Crippen molar-refractivity contribution in [1.82, 2.24) is 10.2 Å². The zero-order valence-electron chi connectivity index (χ0n) is 12.3. The Morgan fingerprint density at radius 1 is 1.56 bits per heavy atom. The summed E-state index contributed by atoms with van der Waals surface area (Å²) in [7, 11) is 1.83. The summed E-state index contributed by atoms with van der Waals surface area (Å²) in [4.78, 5) is 14.4. The first kappa shape index (κ1) is 15.4. The van der Waals surface area contributed by atoms with Crippen LogP contribution in [0, 0.1) is 5.92 Å². The van der Waals surface area contributed by atoms with Gasteiger partial charge in [0.05, 0.1) is 6.61 Å². The maximum Gasteiger partial charge on any atom is 0.326 e. The zero-order valence-corrected chi connectivity index (χ0v) is 12.3. The van der Waals surface area contributed by atoms with Crippen LogP contribution in [0.25, 0.3) is 0 Å². The molecule has 1 fully saturated rings. The molecular weight excluding hydrogens is 228 g/mol. The second kappa shape index (κ2) is 7.10. The van der Waals surface area contributed by atoms with Crippen molar-refractivity contribution in [1.29, 1.82) is 0 Å². The molecule has 1 aliphatic heterocycles. The molecule has 4 nitrogen and oxygen atoms in total.